The van der Waals surface area contributed by atoms with Gasteiger partial charge in [0, 0.05) is 5.41 Å². The maximum absolute atomic E-state index is 11.4. The minimum atomic E-state index is -0.374. The summed E-state index contributed by atoms with van der Waals surface area (Å²) >= 11 is 0. The molecule has 0 bridgehead atoms. The highest BCUT2D eigenvalue weighted by Gasteiger charge is 2.56. The Morgan fingerprint density at radius 2 is 1.97 bits per heavy atom. The summed E-state index contributed by atoms with van der Waals surface area (Å²) in [6.45, 7) is 2.61. The van der Waals surface area contributed by atoms with Crippen LogP contribution in [0, 0.1) is 17.3 Å². The first-order valence-electron chi connectivity index (χ1n) is 11.5. The smallest absolute Gasteiger partial charge is 0.231 e. The van der Waals surface area contributed by atoms with Gasteiger partial charge in [-0.1, -0.05) is 25.1 Å². The molecule has 0 spiro atoms. The Kier molecular flexibility index (Phi) is 4.36. The van der Waals surface area contributed by atoms with Crippen molar-refractivity contribution in [2.75, 3.05) is 13.9 Å². The van der Waals surface area contributed by atoms with Crippen LogP contribution in [0.25, 0.3) is 6.08 Å². The lowest BCUT2D eigenvalue weighted by atomic mass is 9.55. The van der Waals surface area contributed by atoms with Gasteiger partial charge in [0.1, 0.15) is 5.75 Å². The molecule has 4 nitrogen and oxygen atoms in total. The molecule has 4 heteroatoms. The van der Waals surface area contributed by atoms with Gasteiger partial charge in [0.25, 0.3) is 0 Å². The average molecular weight is 419 g/mol. The van der Waals surface area contributed by atoms with E-state index in [9.17, 15) is 5.11 Å². The fourth-order valence-corrected chi connectivity index (χ4v) is 6.90. The molecule has 162 valence electrons. The molecule has 5 atom stereocenters. The van der Waals surface area contributed by atoms with Crippen molar-refractivity contribution in [1.82, 2.24) is 0 Å². The normalized spacial score (nSPS) is 34.2. The molecule has 2 aromatic carbocycles. The molecule has 3 aliphatic carbocycles. The minimum Gasteiger partial charge on any atom is -0.497 e. The van der Waals surface area contributed by atoms with E-state index >= 15 is 0 Å². The monoisotopic (exact) mass is 418 g/mol. The summed E-state index contributed by atoms with van der Waals surface area (Å²) in [5.74, 6) is 4.32. The van der Waals surface area contributed by atoms with E-state index in [4.69, 9.17) is 14.2 Å². The largest absolute Gasteiger partial charge is 0.497 e. The maximum Gasteiger partial charge on any atom is 0.231 e. The molecule has 1 aliphatic heterocycles. The third-order valence-electron chi connectivity index (χ3n) is 8.55. The van der Waals surface area contributed by atoms with Crippen LogP contribution >= 0.6 is 0 Å². The zero-order chi connectivity index (χ0) is 21.2. The number of rotatable bonds is 2. The second kappa shape index (κ2) is 7.03. The Bertz CT molecular complexity index is 1060. The van der Waals surface area contributed by atoms with E-state index in [-0.39, 0.29) is 18.3 Å². The van der Waals surface area contributed by atoms with E-state index in [1.165, 1.54) is 23.1 Å². The van der Waals surface area contributed by atoms with Gasteiger partial charge in [-0.05, 0) is 96.4 Å². The lowest BCUT2D eigenvalue weighted by Gasteiger charge is -2.49. The maximum atomic E-state index is 11.4. The van der Waals surface area contributed by atoms with Crippen LogP contribution in [0.5, 0.6) is 17.2 Å². The number of hydrogen-bond acceptors (Lipinski definition) is 4. The number of methoxy groups -OCH3 is 1. The van der Waals surface area contributed by atoms with Crippen LogP contribution in [0.4, 0.5) is 0 Å². The summed E-state index contributed by atoms with van der Waals surface area (Å²) < 4.78 is 16.4. The zero-order valence-corrected chi connectivity index (χ0v) is 18.3. The van der Waals surface area contributed by atoms with Gasteiger partial charge < -0.3 is 19.3 Å². The van der Waals surface area contributed by atoms with E-state index < -0.39 is 0 Å². The third-order valence-corrected chi connectivity index (χ3v) is 8.55. The average Bonchev–Trinajstić information content (AvgIpc) is 3.36. The Balaban J connectivity index is 1.31. The Morgan fingerprint density at radius 3 is 2.84 bits per heavy atom. The predicted octanol–water partition coefficient (Wildman–Crippen LogP) is 5.33. The van der Waals surface area contributed by atoms with E-state index in [0.717, 1.165) is 48.5 Å². The number of hydrogen-bond donors (Lipinski definition) is 1. The summed E-state index contributed by atoms with van der Waals surface area (Å²) in [7, 11) is 1.74. The van der Waals surface area contributed by atoms with Gasteiger partial charge in [0.05, 0.1) is 13.2 Å². The Hall–Kier alpha value is -2.46. The second-order valence-electron chi connectivity index (χ2n) is 9.96. The summed E-state index contributed by atoms with van der Waals surface area (Å²) in [4.78, 5) is 0. The van der Waals surface area contributed by atoms with Crippen molar-refractivity contribution in [3.63, 3.8) is 0 Å². The summed E-state index contributed by atoms with van der Waals surface area (Å²) in [6.07, 6.45) is 7.34. The minimum absolute atomic E-state index is 0.0344. The van der Waals surface area contributed by atoms with Gasteiger partial charge in [-0.25, -0.2) is 0 Å². The molecule has 6 rings (SSSR count). The summed E-state index contributed by atoms with van der Waals surface area (Å²) in [6, 6.07) is 12.7. The fourth-order valence-electron chi connectivity index (χ4n) is 6.90. The molecule has 4 aliphatic rings. The highest BCUT2D eigenvalue weighted by Crippen LogP contribution is 2.62. The standard InChI is InChI=1S/C27H30O4/c1-27-10-9-21-20-7-5-19(29-2)13-17(20)4-6-22(21)23(27)14-18(26(27)28)11-16-3-8-24-25(12-16)31-15-30-24/h3,5,7-8,11-13,21-23,26,28H,4,6,9-10,14-15H2,1-2H3. The molecule has 0 radical (unpaired) electrons. The van der Waals surface area contributed by atoms with Gasteiger partial charge in [0.2, 0.25) is 6.79 Å². The first kappa shape index (κ1) is 19.2. The van der Waals surface area contributed by atoms with Crippen LogP contribution < -0.4 is 14.2 Å². The van der Waals surface area contributed by atoms with Crippen molar-refractivity contribution < 1.29 is 19.3 Å². The molecule has 2 fully saturated rings. The van der Waals surface area contributed by atoms with E-state index in [0.29, 0.717) is 17.8 Å². The topological polar surface area (TPSA) is 47.9 Å². The predicted molar refractivity (Wildman–Crippen MR) is 120 cm³/mol. The zero-order valence-electron chi connectivity index (χ0n) is 18.3. The SMILES string of the molecule is COc1ccc2c(c1)CCC1C2CCC2(C)C(O)C(=Cc3ccc4c(c3)OCO4)CC12. The van der Waals surface area contributed by atoms with E-state index in [2.05, 4.69) is 37.3 Å². The summed E-state index contributed by atoms with van der Waals surface area (Å²) in [5.41, 5.74) is 5.19. The molecule has 0 aromatic heterocycles. The number of aliphatic hydroxyl groups is 1. The summed E-state index contributed by atoms with van der Waals surface area (Å²) in [5, 5.41) is 11.4. The van der Waals surface area contributed by atoms with Crippen LogP contribution in [-0.2, 0) is 6.42 Å². The fraction of sp³-hybridized carbons (Fsp3) is 0.481. The Labute approximate surface area is 183 Å². The molecule has 2 saturated carbocycles. The molecule has 31 heavy (non-hydrogen) atoms. The van der Waals surface area contributed by atoms with Crippen LogP contribution in [0.3, 0.4) is 0 Å². The number of fused-ring (bicyclic) bond motifs is 6. The van der Waals surface area contributed by atoms with Crippen molar-refractivity contribution >= 4 is 6.08 Å². The highest BCUT2D eigenvalue weighted by molar-refractivity contribution is 5.60. The van der Waals surface area contributed by atoms with Gasteiger partial charge in [0.15, 0.2) is 11.5 Å². The van der Waals surface area contributed by atoms with Gasteiger partial charge in [-0.15, -0.1) is 0 Å². The molecule has 2 aromatic rings. The number of benzene rings is 2. The highest BCUT2D eigenvalue weighted by atomic mass is 16.7. The second-order valence-corrected chi connectivity index (χ2v) is 9.96. The number of aryl methyl sites for hydroxylation is 1. The molecule has 1 heterocycles. The van der Waals surface area contributed by atoms with Crippen LogP contribution in [0.1, 0.15) is 55.2 Å². The number of aliphatic hydroxyl groups excluding tert-OH is 1. The van der Waals surface area contributed by atoms with E-state index in [1.807, 2.05) is 12.1 Å². The van der Waals surface area contributed by atoms with Gasteiger partial charge >= 0.3 is 0 Å². The molecule has 0 amide bonds. The molecule has 1 N–H and O–H groups in total. The van der Waals surface area contributed by atoms with Crippen molar-refractivity contribution in [3.05, 3.63) is 58.7 Å². The van der Waals surface area contributed by atoms with E-state index in [1.54, 1.807) is 7.11 Å². The first-order valence-corrected chi connectivity index (χ1v) is 11.5. The van der Waals surface area contributed by atoms with Gasteiger partial charge in [-0.3, -0.25) is 0 Å². The van der Waals surface area contributed by atoms with Crippen LogP contribution in [0.2, 0.25) is 0 Å². The van der Waals surface area contributed by atoms with Crippen molar-refractivity contribution in [2.45, 2.75) is 51.0 Å². The molecule has 0 saturated heterocycles. The van der Waals surface area contributed by atoms with Crippen molar-refractivity contribution in [2.24, 2.45) is 17.3 Å². The number of ether oxygens (including phenoxy) is 3. The van der Waals surface area contributed by atoms with Crippen LogP contribution in [0.15, 0.2) is 42.0 Å². The Morgan fingerprint density at radius 1 is 1.10 bits per heavy atom. The van der Waals surface area contributed by atoms with Crippen LogP contribution in [-0.4, -0.2) is 25.1 Å². The lowest BCUT2D eigenvalue weighted by molar-refractivity contribution is -0.0158. The van der Waals surface area contributed by atoms with Gasteiger partial charge in [-0.2, -0.15) is 0 Å². The molecular formula is C27H30O4. The van der Waals surface area contributed by atoms with Crippen molar-refractivity contribution in [3.8, 4) is 17.2 Å². The molecular weight excluding hydrogens is 388 g/mol. The quantitative estimate of drug-likeness (QED) is 0.716. The lowest BCUT2D eigenvalue weighted by Crippen LogP contribution is -2.44. The third kappa shape index (κ3) is 2.91. The molecule has 5 unspecified atom stereocenters. The first-order chi connectivity index (χ1) is 15.1. The van der Waals surface area contributed by atoms with Crippen molar-refractivity contribution in [1.29, 1.82) is 0 Å².